The molecule has 0 aliphatic carbocycles. The molecule has 2 N–H and O–H groups in total. The normalized spacial score (nSPS) is 10.2. The molecule has 0 radical (unpaired) electrons. The maximum absolute atomic E-state index is 11.7. The van der Waals surface area contributed by atoms with E-state index in [4.69, 9.17) is 16.7 Å². The third kappa shape index (κ3) is 3.79. The van der Waals surface area contributed by atoms with Crippen molar-refractivity contribution in [3.63, 3.8) is 0 Å². The predicted octanol–water partition coefficient (Wildman–Crippen LogP) is 1.66. The summed E-state index contributed by atoms with van der Waals surface area (Å²) in [5.41, 5.74) is 0.363. The number of nitrogens with zero attached hydrogens (tertiary/aromatic N) is 3. The molecule has 0 spiro atoms. The molecular weight excluding hydrogens is 284 g/mol. The Morgan fingerprint density at radius 2 is 2.15 bits per heavy atom. The van der Waals surface area contributed by atoms with Gasteiger partial charge in [-0.1, -0.05) is 16.8 Å². The van der Waals surface area contributed by atoms with Crippen LogP contribution in [0, 0.1) is 0 Å². The Morgan fingerprint density at radius 3 is 2.80 bits per heavy atom. The second kappa shape index (κ2) is 6.16. The van der Waals surface area contributed by atoms with Crippen molar-refractivity contribution in [2.24, 2.45) is 0 Å². The summed E-state index contributed by atoms with van der Waals surface area (Å²) < 4.78 is 1.53. The lowest BCUT2D eigenvalue weighted by Crippen LogP contribution is -2.15. The number of hydrogen-bond donors (Lipinski definition) is 2. The first-order valence-corrected chi connectivity index (χ1v) is 6.10. The molecule has 2 aromatic rings. The highest BCUT2D eigenvalue weighted by molar-refractivity contribution is 6.31. The van der Waals surface area contributed by atoms with Gasteiger partial charge < -0.3 is 10.4 Å². The fourth-order valence-corrected chi connectivity index (χ4v) is 1.81. The van der Waals surface area contributed by atoms with Crippen LogP contribution in [0.15, 0.2) is 30.6 Å². The van der Waals surface area contributed by atoms with Gasteiger partial charge in [0, 0.05) is 23.3 Å². The quantitative estimate of drug-likeness (QED) is 0.874. The van der Waals surface area contributed by atoms with Gasteiger partial charge in [0.15, 0.2) is 0 Å². The van der Waals surface area contributed by atoms with Crippen LogP contribution in [0.1, 0.15) is 16.8 Å². The Balaban J connectivity index is 1.98. The van der Waals surface area contributed by atoms with E-state index < -0.39 is 5.97 Å². The number of aromatic nitrogens is 3. The third-order valence-electron chi connectivity index (χ3n) is 2.47. The summed E-state index contributed by atoms with van der Waals surface area (Å²) in [5.74, 6) is -1.37. The fourth-order valence-electron chi connectivity index (χ4n) is 1.58. The average molecular weight is 295 g/mol. The topological polar surface area (TPSA) is 97.1 Å². The lowest BCUT2D eigenvalue weighted by atomic mass is 10.2. The molecule has 1 aromatic heterocycles. The molecule has 0 saturated heterocycles. The Hall–Kier alpha value is -2.41. The van der Waals surface area contributed by atoms with Gasteiger partial charge in [0.05, 0.1) is 18.3 Å². The summed E-state index contributed by atoms with van der Waals surface area (Å²) in [6.45, 7) is 0.387. The van der Waals surface area contributed by atoms with E-state index in [9.17, 15) is 9.59 Å². The number of halogens is 1. The molecule has 0 atom stereocenters. The number of aryl methyl sites for hydroxylation is 1. The van der Waals surface area contributed by atoms with E-state index in [1.54, 1.807) is 6.20 Å². The van der Waals surface area contributed by atoms with Crippen LogP contribution in [0.3, 0.4) is 0 Å². The molecular formula is C12H11ClN4O3. The van der Waals surface area contributed by atoms with Gasteiger partial charge in [-0.25, -0.2) is 4.79 Å². The van der Waals surface area contributed by atoms with Crippen molar-refractivity contribution in [3.05, 3.63) is 41.2 Å². The smallest absolute Gasteiger partial charge is 0.335 e. The van der Waals surface area contributed by atoms with Crippen molar-refractivity contribution in [2.45, 2.75) is 13.0 Å². The summed E-state index contributed by atoms with van der Waals surface area (Å²) in [6.07, 6.45) is 3.36. The van der Waals surface area contributed by atoms with Gasteiger partial charge >= 0.3 is 5.97 Å². The Labute approximate surface area is 119 Å². The second-order valence-electron chi connectivity index (χ2n) is 4.00. The van der Waals surface area contributed by atoms with Gasteiger partial charge in [0.1, 0.15) is 0 Å². The van der Waals surface area contributed by atoms with Gasteiger partial charge in [-0.3, -0.25) is 9.48 Å². The minimum atomic E-state index is -1.11. The van der Waals surface area contributed by atoms with Crippen molar-refractivity contribution in [2.75, 3.05) is 5.32 Å². The Bertz CT molecular complexity index is 628. The molecule has 20 heavy (non-hydrogen) atoms. The minimum absolute atomic E-state index is 0.0177. The highest BCUT2D eigenvalue weighted by Crippen LogP contribution is 2.19. The molecule has 0 aliphatic heterocycles. The van der Waals surface area contributed by atoms with E-state index >= 15 is 0 Å². The monoisotopic (exact) mass is 294 g/mol. The summed E-state index contributed by atoms with van der Waals surface area (Å²) >= 11 is 5.80. The van der Waals surface area contributed by atoms with Gasteiger partial charge in [-0.2, -0.15) is 0 Å². The summed E-state index contributed by atoms with van der Waals surface area (Å²) in [4.78, 5) is 22.6. The number of carbonyl (C=O) groups is 2. The highest BCUT2D eigenvalue weighted by Gasteiger charge is 2.09. The minimum Gasteiger partial charge on any atom is -0.478 e. The number of anilines is 1. The molecule has 1 aromatic carbocycles. The average Bonchev–Trinajstić information content (AvgIpc) is 2.88. The van der Waals surface area contributed by atoms with Crippen LogP contribution in [0.5, 0.6) is 0 Å². The number of carboxylic acids is 1. The van der Waals surface area contributed by atoms with Crippen LogP contribution in [0.4, 0.5) is 5.69 Å². The zero-order chi connectivity index (χ0) is 14.5. The van der Waals surface area contributed by atoms with Crippen LogP contribution in [-0.4, -0.2) is 32.0 Å². The van der Waals surface area contributed by atoms with Crippen molar-refractivity contribution < 1.29 is 14.7 Å². The van der Waals surface area contributed by atoms with E-state index in [0.29, 0.717) is 12.2 Å². The molecule has 0 saturated carbocycles. The molecule has 104 valence electrons. The van der Waals surface area contributed by atoms with Crippen LogP contribution < -0.4 is 5.32 Å². The van der Waals surface area contributed by atoms with E-state index in [-0.39, 0.29) is 22.9 Å². The standard InChI is InChI=1S/C12H11ClN4O3/c13-9-5-8(12(19)20)6-10(7-9)15-11(18)1-3-17-4-2-14-16-17/h2,4-7H,1,3H2,(H,15,18)(H,19,20). The molecule has 0 fully saturated rings. The molecule has 7 nitrogen and oxygen atoms in total. The van der Waals surface area contributed by atoms with Crippen LogP contribution in [0.2, 0.25) is 5.02 Å². The number of nitrogens with one attached hydrogen (secondary N) is 1. The van der Waals surface area contributed by atoms with Crippen LogP contribution >= 0.6 is 11.6 Å². The maximum Gasteiger partial charge on any atom is 0.335 e. The van der Waals surface area contributed by atoms with Crippen molar-refractivity contribution in [1.29, 1.82) is 0 Å². The molecule has 0 aliphatic rings. The van der Waals surface area contributed by atoms with Gasteiger partial charge in [0.25, 0.3) is 0 Å². The lowest BCUT2D eigenvalue weighted by Gasteiger charge is -2.07. The zero-order valence-corrected chi connectivity index (χ0v) is 11.0. The van der Waals surface area contributed by atoms with Crippen LogP contribution in [-0.2, 0) is 11.3 Å². The van der Waals surface area contributed by atoms with E-state index in [1.807, 2.05) is 0 Å². The first-order chi connectivity index (χ1) is 9.54. The highest BCUT2D eigenvalue weighted by atomic mass is 35.5. The van der Waals surface area contributed by atoms with E-state index in [1.165, 1.54) is 29.1 Å². The molecule has 1 amide bonds. The largest absolute Gasteiger partial charge is 0.478 e. The van der Waals surface area contributed by atoms with Gasteiger partial charge in [-0.15, -0.1) is 5.10 Å². The summed E-state index contributed by atoms with van der Waals surface area (Å²) in [7, 11) is 0. The zero-order valence-electron chi connectivity index (χ0n) is 10.3. The maximum atomic E-state index is 11.7. The first kappa shape index (κ1) is 14.0. The number of hydrogen-bond acceptors (Lipinski definition) is 4. The predicted molar refractivity (Wildman–Crippen MR) is 71.7 cm³/mol. The first-order valence-electron chi connectivity index (χ1n) is 5.72. The van der Waals surface area contributed by atoms with Crippen molar-refractivity contribution in [3.8, 4) is 0 Å². The number of amides is 1. The molecule has 0 unspecified atom stereocenters. The van der Waals surface area contributed by atoms with Gasteiger partial charge in [-0.05, 0) is 18.2 Å². The summed E-state index contributed by atoms with van der Waals surface area (Å²) in [6, 6.07) is 4.15. The van der Waals surface area contributed by atoms with E-state index in [0.717, 1.165) is 0 Å². The number of aromatic carboxylic acids is 1. The SMILES string of the molecule is O=C(CCn1ccnn1)Nc1cc(Cl)cc(C(=O)O)c1. The van der Waals surface area contributed by atoms with Gasteiger partial charge in [0.2, 0.25) is 5.91 Å². The Morgan fingerprint density at radius 1 is 1.35 bits per heavy atom. The number of carboxylic acid groups (broad SMARTS) is 1. The number of benzene rings is 1. The van der Waals surface area contributed by atoms with Crippen molar-refractivity contribution in [1.82, 2.24) is 15.0 Å². The third-order valence-corrected chi connectivity index (χ3v) is 2.69. The Kier molecular flexibility index (Phi) is 4.31. The molecule has 2 rings (SSSR count). The number of rotatable bonds is 5. The molecule has 0 bridgehead atoms. The molecule has 8 heteroatoms. The lowest BCUT2D eigenvalue weighted by molar-refractivity contribution is -0.116. The van der Waals surface area contributed by atoms with Crippen molar-refractivity contribution >= 4 is 29.2 Å². The second-order valence-corrected chi connectivity index (χ2v) is 4.43. The van der Waals surface area contributed by atoms with Crippen LogP contribution in [0.25, 0.3) is 0 Å². The number of carbonyl (C=O) groups excluding carboxylic acids is 1. The van der Waals surface area contributed by atoms with E-state index in [2.05, 4.69) is 15.6 Å². The fraction of sp³-hybridized carbons (Fsp3) is 0.167. The summed E-state index contributed by atoms with van der Waals surface area (Å²) in [5, 5.41) is 19.1. The molecule has 1 heterocycles.